The summed E-state index contributed by atoms with van der Waals surface area (Å²) in [5.41, 5.74) is 10.7. The Kier molecular flexibility index (Phi) is 6.45. The van der Waals surface area contributed by atoms with E-state index in [1.54, 1.807) is 12.1 Å². The van der Waals surface area contributed by atoms with Crippen LogP contribution < -0.4 is 10.7 Å². The van der Waals surface area contributed by atoms with Crippen molar-refractivity contribution >= 4 is 34.3 Å². The average Bonchev–Trinajstić information content (AvgIpc) is 2.83. The number of anilines is 1. The van der Waals surface area contributed by atoms with E-state index in [0.29, 0.717) is 6.04 Å². The van der Waals surface area contributed by atoms with E-state index in [0.717, 1.165) is 55.0 Å². The van der Waals surface area contributed by atoms with E-state index in [1.807, 2.05) is 6.92 Å². The Morgan fingerprint density at radius 2 is 2.03 bits per heavy atom. The third kappa shape index (κ3) is 4.62. The molecule has 0 spiro atoms. The largest absolute Gasteiger partial charge is 0.378 e. The van der Waals surface area contributed by atoms with Crippen LogP contribution >= 0.6 is 11.6 Å². The highest BCUT2D eigenvalue weighted by molar-refractivity contribution is 6.48. The molecule has 7 heteroatoms. The lowest BCUT2D eigenvalue weighted by molar-refractivity contribution is 0.245. The highest BCUT2D eigenvalue weighted by Crippen LogP contribution is 2.35. The predicted molar refractivity (Wildman–Crippen MR) is 139 cm³/mol. The second-order valence-corrected chi connectivity index (χ2v) is 10.0. The zero-order valence-corrected chi connectivity index (χ0v) is 20.7. The van der Waals surface area contributed by atoms with Gasteiger partial charge in [-0.05, 0) is 81.0 Å². The van der Waals surface area contributed by atoms with E-state index in [-0.39, 0.29) is 17.2 Å². The fourth-order valence-corrected chi connectivity index (χ4v) is 5.18. The Balaban J connectivity index is 1.55. The fourth-order valence-electron chi connectivity index (χ4n) is 5.00. The van der Waals surface area contributed by atoms with Crippen molar-refractivity contribution in [1.29, 1.82) is 0 Å². The minimum absolute atomic E-state index is 0.0357. The minimum atomic E-state index is -0.410. The molecule has 0 saturated carbocycles. The Labute approximate surface area is 205 Å². The lowest BCUT2D eigenvalue weighted by Crippen LogP contribution is -2.36. The molecule has 3 aliphatic heterocycles. The van der Waals surface area contributed by atoms with Crippen LogP contribution in [0, 0.1) is 5.82 Å². The molecule has 2 bridgehead atoms. The van der Waals surface area contributed by atoms with E-state index in [4.69, 9.17) is 16.6 Å². The van der Waals surface area contributed by atoms with Gasteiger partial charge >= 0.3 is 0 Å². The number of nitrogens with one attached hydrogen (secondary N) is 2. The number of hydrazone groups is 1. The SMILES string of the molecule is CC1=NN[C@H]2CCC(Nc3ccc(F)c(Cl)c3)c3cc(C4=CCN(C(C)C)CC4)ccc3C1=N2. The lowest BCUT2D eigenvalue weighted by atomic mass is 9.86. The first kappa shape index (κ1) is 23.1. The molecule has 2 aromatic carbocycles. The van der Waals surface area contributed by atoms with E-state index in [2.05, 4.69) is 58.9 Å². The van der Waals surface area contributed by atoms with Crippen molar-refractivity contribution in [3.63, 3.8) is 0 Å². The zero-order valence-electron chi connectivity index (χ0n) is 19.9. The molecule has 178 valence electrons. The predicted octanol–water partition coefficient (Wildman–Crippen LogP) is 6.02. The van der Waals surface area contributed by atoms with Crippen LogP contribution in [-0.4, -0.2) is 41.6 Å². The number of halogens is 2. The molecule has 3 heterocycles. The Bertz CT molecular complexity index is 1190. The number of benzene rings is 2. The van der Waals surface area contributed by atoms with Gasteiger partial charge in [-0.25, -0.2) is 4.39 Å². The summed E-state index contributed by atoms with van der Waals surface area (Å²) in [6.45, 7) is 8.54. The summed E-state index contributed by atoms with van der Waals surface area (Å²) in [4.78, 5) is 7.45. The summed E-state index contributed by atoms with van der Waals surface area (Å²) < 4.78 is 13.8. The maximum absolute atomic E-state index is 13.8. The number of nitrogens with zero attached hydrogens (tertiary/aromatic N) is 3. The molecule has 0 aromatic heterocycles. The molecule has 34 heavy (non-hydrogen) atoms. The second-order valence-electron chi connectivity index (χ2n) is 9.59. The van der Waals surface area contributed by atoms with Crippen molar-refractivity contribution in [3.05, 3.63) is 70.0 Å². The quantitative estimate of drug-likeness (QED) is 0.564. The molecule has 3 aliphatic rings. The first-order valence-corrected chi connectivity index (χ1v) is 12.4. The summed E-state index contributed by atoms with van der Waals surface area (Å²) in [7, 11) is 0. The van der Waals surface area contributed by atoms with Gasteiger partial charge in [0.05, 0.1) is 22.5 Å². The van der Waals surface area contributed by atoms with Gasteiger partial charge in [0.1, 0.15) is 12.0 Å². The number of aliphatic imine (C=N–C) groups is 1. The van der Waals surface area contributed by atoms with Gasteiger partial charge < -0.3 is 5.32 Å². The molecule has 2 aromatic rings. The van der Waals surface area contributed by atoms with Crippen molar-refractivity contribution in [2.75, 3.05) is 18.4 Å². The van der Waals surface area contributed by atoms with Crippen LogP contribution in [0.2, 0.25) is 5.02 Å². The molecule has 5 nitrogen and oxygen atoms in total. The highest BCUT2D eigenvalue weighted by atomic mass is 35.5. The molecular weight excluding hydrogens is 449 g/mol. The monoisotopic (exact) mass is 479 g/mol. The normalized spacial score (nSPS) is 22.6. The average molecular weight is 480 g/mol. The maximum Gasteiger partial charge on any atom is 0.141 e. The number of fused-ring (bicyclic) bond motifs is 3. The van der Waals surface area contributed by atoms with Crippen molar-refractivity contribution in [1.82, 2.24) is 10.3 Å². The third-order valence-corrected chi connectivity index (χ3v) is 7.31. The summed E-state index contributed by atoms with van der Waals surface area (Å²) in [5.74, 6) is -0.410. The van der Waals surface area contributed by atoms with Gasteiger partial charge in [-0.2, -0.15) is 5.10 Å². The van der Waals surface area contributed by atoms with Crippen LogP contribution in [0.25, 0.3) is 5.57 Å². The van der Waals surface area contributed by atoms with Crippen molar-refractivity contribution in [3.8, 4) is 0 Å². The van der Waals surface area contributed by atoms with Gasteiger partial charge in [0.15, 0.2) is 0 Å². The van der Waals surface area contributed by atoms with Crippen LogP contribution in [-0.2, 0) is 0 Å². The number of hydrogen-bond donors (Lipinski definition) is 2. The van der Waals surface area contributed by atoms with Gasteiger partial charge in [0.2, 0.25) is 0 Å². The van der Waals surface area contributed by atoms with E-state index < -0.39 is 5.82 Å². The molecule has 5 rings (SSSR count). The standard InChI is InChI=1S/C27H31ClFN5/c1-16(2)34-12-10-18(11-13-34)19-4-6-21-22(14-19)25(30-20-5-7-24(29)23(28)15-20)8-9-26-31-27(21)17(3)32-33-26/h4-7,10,14-16,25-26,30,33H,8-9,11-13H2,1-3H3/t25?,26-/m0/s1. The van der Waals surface area contributed by atoms with Gasteiger partial charge in [0.25, 0.3) is 0 Å². The Morgan fingerprint density at radius 3 is 2.76 bits per heavy atom. The molecule has 0 saturated heterocycles. The van der Waals surface area contributed by atoms with Crippen LogP contribution in [0.5, 0.6) is 0 Å². The molecule has 2 atom stereocenters. The lowest BCUT2D eigenvalue weighted by Gasteiger charge is -2.32. The van der Waals surface area contributed by atoms with Crippen LogP contribution in [0.4, 0.5) is 10.1 Å². The molecule has 1 unspecified atom stereocenters. The van der Waals surface area contributed by atoms with Crippen LogP contribution in [0.1, 0.15) is 62.8 Å². The Hall–Kier alpha value is -2.70. The minimum Gasteiger partial charge on any atom is -0.378 e. The highest BCUT2D eigenvalue weighted by Gasteiger charge is 2.28. The smallest absolute Gasteiger partial charge is 0.141 e. The van der Waals surface area contributed by atoms with Crippen LogP contribution in [0.15, 0.2) is 52.6 Å². The van der Waals surface area contributed by atoms with E-state index in [1.165, 1.54) is 22.8 Å². The number of hydrogen-bond acceptors (Lipinski definition) is 5. The molecule has 0 aliphatic carbocycles. The molecule has 0 radical (unpaired) electrons. The van der Waals surface area contributed by atoms with Gasteiger partial charge in [-0.1, -0.05) is 29.8 Å². The first-order chi connectivity index (χ1) is 16.4. The van der Waals surface area contributed by atoms with E-state index in [9.17, 15) is 4.39 Å². The number of rotatable bonds is 4. The summed E-state index contributed by atoms with van der Waals surface area (Å²) in [6, 6.07) is 12.1. The Morgan fingerprint density at radius 1 is 1.18 bits per heavy atom. The summed E-state index contributed by atoms with van der Waals surface area (Å²) in [5, 5.41) is 8.27. The fraction of sp³-hybridized carbons (Fsp3) is 0.407. The van der Waals surface area contributed by atoms with Gasteiger partial charge in [-0.3, -0.25) is 15.3 Å². The summed E-state index contributed by atoms with van der Waals surface area (Å²) in [6.07, 6.45) is 5.05. The molecular formula is C27H31ClFN5. The third-order valence-electron chi connectivity index (χ3n) is 7.02. The topological polar surface area (TPSA) is 52.0 Å². The summed E-state index contributed by atoms with van der Waals surface area (Å²) >= 11 is 6.08. The van der Waals surface area contributed by atoms with E-state index >= 15 is 0 Å². The molecule has 2 N–H and O–H groups in total. The van der Waals surface area contributed by atoms with Crippen molar-refractivity contribution < 1.29 is 4.39 Å². The van der Waals surface area contributed by atoms with Crippen LogP contribution in [0.3, 0.4) is 0 Å². The van der Waals surface area contributed by atoms with Gasteiger partial charge in [-0.15, -0.1) is 0 Å². The molecule has 0 amide bonds. The first-order valence-electron chi connectivity index (χ1n) is 12.1. The van der Waals surface area contributed by atoms with Crippen molar-refractivity contribution in [2.45, 2.75) is 58.3 Å². The maximum atomic E-state index is 13.8. The second kappa shape index (κ2) is 9.51. The zero-order chi connectivity index (χ0) is 23.8. The van der Waals surface area contributed by atoms with Gasteiger partial charge in [0, 0.05) is 30.4 Å². The van der Waals surface area contributed by atoms with Crippen molar-refractivity contribution in [2.24, 2.45) is 10.1 Å². The molecule has 0 fully saturated rings.